The number of carbonyl (C=O) groups is 1. The van der Waals surface area contributed by atoms with Crippen LogP contribution in [-0.2, 0) is 9.53 Å². The second-order valence-electron chi connectivity index (χ2n) is 5.50. The van der Waals surface area contributed by atoms with Gasteiger partial charge >= 0.3 is 5.97 Å². The minimum atomic E-state index is -0.0459. The molecule has 1 unspecified atom stereocenters. The first kappa shape index (κ1) is 13.2. The van der Waals surface area contributed by atoms with Gasteiger partial charge in [0.1, 0.15) is 0 Å². The molecule has 0 aromatic rings. The number of hydrogen-bond acceptors (Lipinski definition) is 4. The largest absolute Gasteiger partial charge is 0.469 e. The third kappa shape index (κ3) is 3.88. The Labute approximate surface area is 108 Å². The van der Waals surface area contributed by atoms with E-state index < -0.39 is 0 Å². The maximum absolute atomic E-state index is 11.3. The Morgan fingerprint density at radius 1 is 1.53 bits per heavy atom. The number of methoxy groups -OCH3 is 1. The average molecular weight is 257 g/mol. The van der Waals surface area contributed by atoms with Crippen LogP contribution in [0.15, 0.2) is 0 Å². The molecule has 0 bridgehead atoms. The van der Waals surface area contributed by atoms with E-state index in [0.717, 1.165) is 11.7 Å². The lowest BCUT2D eigenvalue weighted by atomic mass is 10.1. The molecule has 0 radical (unpaired) electrons. The lowest BCUT2D eigenvalue weighted by Gasteiger charge is -2.17. The Morgan fingerprint density at radius 3 is 2.71 bits per heavy atom. The van der Waals surface area contributed by atoms with Gasteiger partial charge in [-0.05, 0) is 49.8 Å². The highest BCUT2D eigenvalue weighted by Gasteiger charge is 2.44. The molecule has 1 N–H and O–H groups in total. The van der Waals surface area contributed by atoms with Crippen molar-refractivity contribution in [3.05, 3.63) is 0 Å². The van der Waals surface area contributed by atoms with Crippen LogP contribution in [0.25, 0.3) is 0 Å². The zero-order valence-electron chi connectivity index (χ0n) is 10.8. The maximum Gasteiger partial charge on any atom is 0.306 e. The lowest BCUT2D eigenvalue weighted by molar-refractivity contribution is -0.141. The van der Waals surface area contributed by atoms with Crippen molar-refractivity contribution in [2.75, 3.05) is 25.7 Å². The van der Waals surface area contributed by atoms with Gasteiger partial charge in [0.2, 0.25) is 0 Å². The zero-order valence-corrected chi connectivity index (χ0v) is 11.6. The molecule has 17 heavy (non-hydrogen) atoms. The SMILES string of the molecule is CNC(CSCC1(CC(=O)OC)CC1)C1CC1. The summed E-state index contributed by atoms with van der Waals surface area (Å²) < 4.78 is 4.76. The summed E-state index contributed by atoms with van der Waals surface area (Å²) in [5, 5.41) is 3.41. The predicted octanol–water partition coefficient (Wildman–Crippen LogP) is 2.06. The molecule has 0 heterocycles. The summed E-state index contributed by atoms with van der Waals surface area (Å²) in [5.41, 5.74) is 0.277. The van der Waals surface area contributed by atoms with Crippen molar-refractivity contribution in [2.24, 2.45) is 11.3 Å². The second kappa shape index (κ2) is 5.61. The molecule has 98 valence electrons. The Balaban J connectivity index is 1.65. The monoisotopic (exact) mass is 257 g/mol. The number of hydrogen-bond donors (Lipinski definition) is 1. The van der Waals surface area contributed by atoms with Gasteiger partial charge < -0.3 is 10.1 Å². The summed E-state index contributed by atoms with van der Waals surface area (Å²) >= 11 is 2.01. The predicted molar refractivity (Wildman–Crippen MR) is 71.2 cm³/mol. The van der Waals surface area contributed by atoms with Gasteiger partial charge in [-0.15, -0.1) is 0 Å². The lowest BCUT2D eigenvalue weighted by Crippen LogP contribution is -2.30. The van der Waals surface area contributed by atoms with Crippen LogP contribution in [0.3, 0.4) is 0 Å². The van der Waals surface area contributed by atoms with Crippen LogP contribution < -0.4 is 5.32 Å². The second-order valence-corrected chi connectivity index (χ2v) is 6.53. The van der Waals surface area contributed by atoms with E-state index in [4.69, 9.17) is 4.74 Å². The Bertz CT molecular complexity index is 275. The fourth-order valence-electron chi connectivity index (χ4n) is 2.28. The van der Waals surface area contributed by atoms with Crippen LogP contribution in [0.2, 0.25) is 0 Å². The van der Waals surface area contributed by atoms with Crippen molar-refractivity contribution in [3.63, 3.8) is 0 Å². The molecule has 2 aliphatic rings. The fourth-order valence-corrected chi connectivity index (χ4v) is 3.92. The molecule has 2 rings (SSSR count). The average Bonchev–Trinajstić information content (AvgIpc) is 3.20. The van der Waals surface area contributed by atoms with E-state index in [9.17, 15) is 4.79 Å². The van der Waals surface area contributed by atoms with Crippen molar-refractivity contribution >= 4 is 17.7 Å². The Kier molecular flexibility index (Phi) is 4.36. The summed E-state index contributed by atoms with van der Waals surface area (Å²) in [6.07, 6.45) is 5.79. The topological polar surface area (TPSA) is 38.3 Å². The van der Waals surface area contributed by atoms with E-state index in [1.807, 2.05) is 11.8 Å². The molecule has 2 aliphatic carbocycles. The molecule has 0 aliphatic heterocycles. The molecule has 0 aromatic heterocycles. The van der Waals surface area contributed by atoms with Crippen molar-refractivity contribution in [2.45, 2.75) is 38.1 Å². The first-order valence-corrected chi connectivity index (χ1v) is 7.66. The van der Waals surface area contributed by atoms with Crippen LogP contribution in [0, 0.1) is 11.3 Å². The molecular weight excluding hydrogens is 234 g/mol. The molecule has 2 fully saturated rings. The summed E-state index contributed by atoms with van der Waals surface area (Å²) in [5.74, 6) is 3.16. The number of nitrogens with one attached hydrogen (secondary N) is 1. The number of thioether (sulfide) groups is 1. The molecular formula is C13H23NO2S. The van der Waals surface area contributed by atoms with Gasteiger partial charge in [-0.2, -0.15) is 11.8 Å². The molecule has 0 spiro atoms. The van der Waals surface area contributed by atoms with E-state index in [0.29, 0.717) is 12.5 Å². The number of carbonyl (C=O) groups excluding carboxylic acids is 1. The molecule has 0 saturated heterocycles. The minimum absolute atomic E-state index is 0.0459. The van der Waals surface area contributed by atoms with E-state index in [2.05, 4.69) is 12.4 Å². The summed E-state index contributed by atoms with van der Waals surface area (Å²) in [6, 6.07) is 0.675. The highest BCUT2D eigenvalue weighted by Crippen LogP contribution is 2.51. The first-order chi connectivity index (χ1) is 8.19. The quantitative estimate of drug-likeness (QED) is 0.676. The maximum atomic E-state index is 11.3. The van der Waals surface area contributed by atoms with Gasteiger partial charge in [0.25, 0.3) is 0 Å². The minimum Gasteiger partial charge on any atom is -0.469 e. The van der Waals surface area contributed by atoms with Gasteiger partial charge in [-0.25, -0.2) is 0 Å². The summed E-state index contributed by atoms with van der Waals surface area (Å²) in [7, 11) is 3.54. The zero-order chi connectivity index (χ0) is 12.3. The van der Waals surface area contributed by atoms with Crippen LogP contribution in [0.4, 0.5) is 0 Å². The van der Waals surface area contributed by atoms with Crippen LogP contribution in [-0.4, -0.2) is 37.7 Å². The van der Waals surface area contributed by atoms with E-state index >= 15 is 0 Å². The van der Waals surface area contributed by atoms with E-state index in [-0.39, 0.29) is 11.4 Å². The van der Waals surface area contributed by atoms with E-state index in [1.165, 1.54) is 38.5 Å². The molecule has 0 amide bonds. The Hall–Kier alpha value is -0.220. The van der Waals surface area contributed by atoms with E-state index in [1.54, 1.807) is 0 Å². The normalized spacial score (nSPS) is 23.2. The summed E-state index contributed by atoms with van der Waals surface area (Å²) in [6.45, 7) is 0. The van der Waals surface area contributed by atoms with Crippen LogP contribution >= 0.6 is 11.8 Å². The summed E-state index contributed by atoms with van der Waals surface area (Å²) in [4.78, 5) is 11.3. The van der Waals surface area contributed by atoms with Crippen LogP contribution in [0.1, 0.15) is 32.1 Å². The van der Waals surface area contributed by atoms with Gasteiger partial charge in [0, 0.05) is 11.8 Å². The van der Waals surface area contributed by atoms with Gasteiger partial charge in [-0.1, -0.05) is 0 Å². The van der Waals surface area contributed by atoms with Gasteiger partial charge in [0.15, 0.2) is 0 Å². The molecule has 4 heteroatoms. The highest BCUT2D eigenvalue weighted by atomic mass is 32.2. The Morgan fingerprint density at radius 2 is 2.24 bits per heavy atom. The third-order valence-electron chi connectivity index (χ3n) is 3.97. The molecule has 3 nitrogen and oxygen atoms in total. The third-order valence-corrected chi connectivity index (χ3v) is 5.38. The first-order valence-electron chi connectivity index (χ1n) is 6.51. The number of esters is 1. The molecule has 2 saturated carbocycles. The van der Waals surface area contributed by atoms with Crippen molar-refractivity contribution < 1.29 is 9.53 Å². The fraction of sp³-hybridized carbons (Fsp3) is 0.923. The van der Waals surface area contributed by atoms with Gasteiger partial charge in [-0.3, -0.25) is 4.79 Å². The number of rotatable bonds is 8. The number of ether oxygens (including phenoxy) is 1. The highest BCUT2D eigenvalue weighted by molar-refractivity contribution is 7.99. The molecule has 1 atom stereocenters. The van der Waals surface area contributed by atoms with Crippen molar-refractivity contribution in [1.82, 2.24) is 5.32 Å². The van der Waals surface area contributed by atoms with Gasteiger partial charge in [0.05, 0.1) is 13.5 Å². The van der Waals surface area contributed by atoms with Crippen LogP contribution in [0.5, 0.6) is 0 Å². The smallest absolute Gasteiger partial charge is 0.306 e. The molecule has 0 aromatic carbocycles. The van der Waals surface area contributed by atoms with Crippen molar-refractivity contribution in [3.8, 4) is 0 Å². The standard InChI is InChI=1S/C13H23NO2S/c1-14-11(10-3-4-10)8-17-9-13(5-6-13)7-12(15)16-2/h10-11,14H,3-9H2,1-2H3. The van der Waals surface area contributed by atoms with Crippen molar-refractivity contribution in [1.29, 1.82) is 0 Å².